The van der Waals surface area contributed by atoms with Crippen molar-refractivity contribution in [3.05, 3.63) is 267 Å². The highest BCUT2D eigenvalue weighted by Gasteiger charge is 2.18. The lowest BCUT2D eigenvalue weighted by molar-refractivity contribution is 1.28. The molecule has 0 saturated heterocycles. The molecule has 0 aliphatic rings. The van der Waals surface area contributed by atoms with Gasteiger partial charge in [-0.25, -0.2) is 0 Å². The van der Waals surface area contributed by atoms with Crippen LogP contribution < -0.4 is 9.80 Å². The predicted octanol–water partition coefficient (Wildman–Crippen LogP) is 18.8. The zero-order valence-corrected chi connectivity index (χ0v) is 37.5. The molecule has 3 heteroatoms. The summed E-state index contributed by atoms with van der Waals surface area (Å²) in [5.74, 6) is 0. The molecule has 0 spiro atoms. The second-order valence-electron chi connectivity index (χ2n) is 16.9. The van der Waals surface area contributed by atoms with Crippen LogP contribution >= 0.6 is 11.3 Å². The fourth-order valence-corrected chi connectivity index (χ4v) is 10.8. The molecule has 0 aliphatic heterocycles. The second-order valence-corrected chi connectivity index (χ2v) is 18.0. The summed E-state index contributed by atoms with van der Waals surface area (Å²) in [5.41, 5.74) is 16.3. The zero-order valence-electron chi connectivity index (χ0n) is 36.7. The van der Waals surface area contributed by atoms with Crippen LogP contribution in [0.1, 0.15) is 0 Å². The standard InChI is InChI=1S/C64H44N2S/c1-3-13-45(14-4-1)46-25-27-47(28-26-46)48-29-37-54(38-30-48)65(53-17-5-2-6-18-53)55-39-31-49(32-40-55)50-33-41-56(42-34-50)66(62-23-11-16-51-15-7-8-19-58(51)62)57-43-35-52(36-44-57)59-21-12-22-61-60-20-9-10-24-63(60)67-64(59)61/h1-44H. The Morgan fingerprint density at radius 2 is 0.627 bits per heavy atom. The summed E-state index contributed by atoms with van der Waals surface area (Å²) in [4.78, 5) is 4.72. The van der Waals surface area contributed by atoms with Gasteiger partial charge in [0.25, 0.3) is 0 Å². The number of hydrogen-bond donors (Lipinski definition) is 0. The molecule has 11 aromatic carbocycles. The highest BCUT2D eigenvalue weighted by atomic mass is 32.1. The van der Waals surface area contributed by atoms with E-state index < -0.39 is 0 Å². The van der Waals surface area contributed by atoms with Crippen LogP contribution in [0.5, 0.6) is 0 Å². The molecule has 12 rings (SSSR count). The fraction of sp³-hybridized carbons (Fsp3) is 0. The third kappa shape index (κ3) is 7.72. The number of rotatable bonds is 10. The molecule has 0 N–H and O–H groups in total. The van der Waals surface area contributed by atoms with Crippen LogP contribution in [0.25, 0.3) is 75.5 Å². The molecule has 0 unspecified atom stereocenters. The summed E-state index contributed by atoms with van der Waals surface area (Å²) in [6.45, 7) is 0. The van der Waals surface area contributed by atoms with Crippen LogP contribution in [0.3, 0.4) is 0 Å². The van der Waals surface area contributed by atoms with Gasteiger partial charge in [0.2, 0.25) is 0 Å². The molecule has 2 nitrogen and oxygen atoms in total. The molecule has 0 bridgehead atoms. The molecule has 0 atom stereocenters. The van der Waals surface area contributed by atoms with Crippen molar-refractivity contribution in [2.24, 2.45) is 0 Å². The SMILES string of the molecule is c1ccc(-c2ccc(-c3ccc(N(c4ccccc4)c4ccc(-c5ccc(N(c6ccc(-c7cccc8c7sc7ccccc78)cc6)c6cccc7ccccc67)cc5)cc4)cc3)cc2)cc1. The first-order chi connectivity index (χ1) is 33.2. The number of nitrogens with zero attached hydrogens (tertiary/aromatic N) is 2. The Bertz CT molecular complexity index is 3630. The lowest BCUT2D eigenvalue weighted by Crippen LogP contribution is -2.10. The largest absolute Gasteiger partial charge is 0.311 e. The van der Waals surface area contributed by atoms with E-state index in [4.69, 9.17) is 0 Å². The molecule has 67 heavy (non-hydrogen) atoms. The van der Waals surface area contributed by atoms with E-state index in [2.05, 4.69) is 277 Å². The van der Waals surface area contributed by atoms with Crippen LogP contribution in [0, 0.1) is 0 Å². The molecule has 0 aliphatic carbocycles. The summed E-state index contributed by atoms with van der Waals surface area (Å²) in [6.07, 6.45) is 0. The number of hydrogen-bond acceptors (Lipinski definition) is 3. The Labute approximate surface area is 395 Å². The maximum absolute atomic E-state index is 2.39. The molecular formula is C64H44N2S. The number of fused-ring (bicyclic) bond motifs is 4. The summed E-state index contributed by atoms with van der Waals surface area (Å²) in [6, 6.07) is 96.6. The van der Waals surface area contributed by atoms with Gasteiger partial charge in [-0.1, -0.05) is 194 Å². The summed E-state index contributed by atoms with van der Waals surface area (Å²) in [7, 11) is 0. The third-order valence-electron chi connectivity index (χ3n) is 12.9. The van der Waals surface area contributed by atoms with Crippen molar-refractivity contribution in [3.8, 4) is 44.5 Å². The third-order valence-corrected chi connectivity index (χ3v) is 14.1. The van der Waals surface area contributed by atoms with Gasteiger partial charge in [-0.15, -0.1) is 11.3 Å². The van der Waals surface area contributed by atoms with E-state index in [1.54, 1.807) is 0 Å². The Kier molecular flexibility index (Phi) is 10.4. The molecule has 0 fully saturated rings. The second kappa shape index (κ2) is 17.5. The highest BCUT2D eigenvalue weighted by Crippen LogP contribution is 2.44. The van der Waals surface area contributed by atoms with Crippen molar-refractivity contribution >= 4 is 76.4 Å². The van der Waals surface area contributed by atoms with Gasteiger partial charge in [0, 0.05) is 54.0 Å². The highest BCUT2D eigenvalue weighted by molar-refractivity contribution is 7.26. The van der Waals surface area contributed by atoms with Crippen LogP contribution in [-0.4, -0.2) is 0 Å². The molecule has 12 aromatic rings. The number of thiophene rings is 1. The fourth-order valence-electron chi connectivity index (χ4n) is 9.51. The van der Waals surface area contributed by atoms with E-state index in [1.165, 1.54) is 64.3 Å². The Hall–Kier alpha value is -8.50. The topological polar surface area (TPSA) is 6.48 Å². The molecule has 1 aromatic heterocycles. The molecule has 0 radical (unpaired) electrons. The average Bonchev–Trinajstić information content (AvgIpc) is 3.80. The number of para-hydroxylation sites is 1. The summed E-state index contributed by atoms with van der Waals surface area (Å²) >= 11 is 1.87. The minimum absolute atomic E-state index is 1.10. The number of anilines is 6. The smallest absolute Gasteiger partial charge is 0.0540 e. The van der Waals surface area contributed by atoms with Gasteiger partial charge >= 0.3 is 0 Å². The summed E-state index contributed by atoms with van der Waals surface area (Å²) < 4.78 is 2.65. The lowest BCUT2D eigenvalue weighted by atomic mass is 10.00. The number of benzene rings is 11. The monoisotopic (exact) mass is 872 g/mol. The Morgan fingerprint density at radius 1 is 0.239 bits per heavy atom. The molecule has 1 heterocycles. The van der Waals surface area contributed by atoms with Crippen molar-refractivity contribution in [2.75, 3.05) is 9.80 Å². The van der Waals surface area contributed by atoms with Gasteiger partial charge < -0.3 is 9.80 Å². The van der Waals surface area contributed by atoms with E-state index in [0.29, 0.717) is 0 Å². The van der Waals surface area contributed by atoms with Crippen molar-refractivity contribution in [1.29, 1.82) is 0 Å². The van der Waals surface area contributed by atoms with Gasteiger partial charge in [0.1, 0.15) is 0 Å². The van der Waals surface area contributed by atoms with E-state index >= 15 is 0 Å². The quantitative estimate of drug-likeness (QED) is 0.135. The predicted molar refractivity (Wildman–Crippen MR) is 288 cm³/mol. The van der Waals surface area contributed by atoms with Crippen LogP contribution in [0.2, 0.25) is 0 Å². The average molecular weight is 873 g/mol. The molecule has 316 valence electrons. The van der Waals surface area contributed by atoms with Gasteiger partial charge in [0.15, 0.2) is 0 Å². The summed E-state index contributed by atoms with van der Waals surface area (Å²) in [5, 5.41) is 5.05. The Morgan fingerprint density at radius 3 is 1.21 bits per heavy atom. The van der Waals surface area contributed by atoms with Gasteiger partial charge in [-0.2, -0.15) is 0 Å². The van der Waals surface area contributed by atoms with Gasteiger partial charge in [-0.3, -0.25) is 0 Å². The Balaban J connectivity index is 0.846. The van der Waals surface area contributed by atoms with Crippen molar-refractivity contribution in [2.45, 2.75) is 0 Å². The van der Waals surface area contributed by atoms with Crippen molar-refractivity contribution in [3.63, 3.8) is 0 Å². The van der Waals surface area contributed by atoms with Crippen molar-refractivity contribution in [1.82, 2.24) is 0 Å². The normalized spacial score (nSPS) is 11.3. The maximum atomic E-state index is 2.39. The van der Waals surface area contributed by atoms with Crippen molar-refractivity contribution < 1.29 is 0 Å². The van der Waals surface area contributed by atoms with Crippen LogP contribution in [0.15, 0.2) is 267 Å². The van der Waals surface area contributed by atoms with Crippen LogP contribution in [0.4, 0.5) is 34.1 Å². The molecule has 0 saturated carbocycles. The van der Waals surface area contributed by atoms with Crippen LogP contribution in [-0.2, 0) is 0 Å². The van der Waals surface area contributed by atoms with Gasteiger partial charge in [0.05, 0.1) is 5.69 Å². The molecular weight excluding hydrogens is 829 g/mol. The molecule has 0 amide bonds. The van der Waals surface area contributed by atoms with E-state index in [-0.39, 0.29) is 0 Å². The lowest BCUT2D eigenvalue weighted by Gasteiger charge is -2.27. The van der Waals surface area contributed by atoms with E-state index in [0.717, 1.165) is 45.3 Å². The minimum atomic E-state index is 1.10. The first-order valence-corrected chi connectivity index (χ1v) is 23.6. The first kappa shape index (κ1) is 40.0. The first-order valence-electron chi connectivity index (χ1n) is 22.8. The van der Waals surface area contributed by atoms with Gasteiger partial charge in [-0.05, 0) is 123 Å². The zero-order chi connectivity index (χ0) is 44.5. The van der Waals surface area contributed by atoms with E-state index in [1.807, 2.05) is 11.3 Å². The maximum Gasteiger partial charge on any atom is 0.0540 e. The minimum Gasteiger partial charge on any atom is -0.311 e. The van der Waals surface area contributed by atoms with E-state index in [9.17, 15) is 0 Å².